The molecule has 1 aromatic heterocycles. The summed E-state index contributed by atoms with van der Waals surface area (Å²) in [5.41, 5.74) is 6.03. The molecule has 1 amide bonds. The molecule has 0 radical (unpaired) electrons. The van der Waals surface area contributed by atoms with Crippen molar-refractivity contribution in [3.63, 3.8) is 0 Å². The number of rotatable bonds is 2. The number of aromatic nitrogens is 1. The fourth-order valence-corrected chi connectivity index (χ4v) is 2.94. The molecule has 3 rings (SSSR count). The number of thiocarbonyl (C=S) groups is 1. The highest BCUT2D eigenvalue weighted by Crippen LogP contribution is 2.23. The molecule has 5 heteroatoms. The largest absolute Gasteiger partial charge is 0.328 e. The van der Waals surface area contributed by atoms with Gasteiger partial charge in [0, 0.05) is 17.1 Å². The molecule has 0 atom stereocenters. The third kappa shape index (κ3) is 2.55. The Hall–Kier alpha value is -2.40. The van der Waals surface area contributed by atoms with Crippen LogP contribution in [0.1, 0.15) is 22.5 Å². The minimum atomic E-state index is -0.189. The summed E-state index contributed by atoms with van der Waals surface area (Å²) in [5, 5.41) is 5.80. The molecule has 0 bridgehead atoms. The molecule has 22 heavy (non-hydrogen) atoms. The smallest absolute Gasteiger partial charge is 0.273 e. The fraction of sp³-hybridized carbons (Fsp3) is 0.176. The lowest BCUT2D eigenvalue weighted by Crippen LogP contribution is -2.21. The Morgan fingerprint density at radius 3 is 2.55 bits per heavy atom. The van der Waals surface area contributed by atoms with Crippen LogP contribution < -0.4 is 10.6 Å². The highest BCUT2D eigenvalue weighted by molar-refractivity contribution is 7.80. The van der Waals surface area contributed by atoms with Crippen molar-refractivity contribution in [2.45, 2.75) is 20.8 Å². The van der Waals surface area contributed by atoms with E-state index < -0.39 is 0 Å². The standard InChI is InChI=1S/C17H17N3OS/c1-10-5-4-6-14(7-10)20-11(2)8-13(12(20)3)9-15-16(21)19-17(22)18-15/h4-9H,1-3H3,(H2,18,19,21,22)/b15-9+. The number of nitrogens with one attached hydrogen (secondary N) is 2. The monoisotopic (exact) mass is 311 g/mol. The third-order valence-electron chi connectivity index (χ3n) is 3.75. The van der Waals surface area contributed by atoms with E-state index in [2.05, 4.69) is 53.3 Å². The Morgan fingerprint density at radius 2 is 1.91 bits per heavy atom. The summed E-state index contributed by atoms with van der Waals surface area (Å²) in [7, 11) is 0. The highest BCUT2D eigenvalue weighted by Gasteiger charge is 2.21. The third-order valence-corrected chi connectivity index (χ3v) is 3.95. The van der Waals surface area contributed by atoms with Crippen LogP contribution in [0, 0.1) is 20.8 Å². The van der Waals surface area contributed by atoms with E-state index in [4.69, 9.17) is 12.2 Å². The van der Waals surface area contributed by atoms with Gasteiger partial charge in [0.05, 0.1) is 0 Å². The van der Waals surface area contributed by atoms with Gasteiger partial charge in [0.25, 0.3) is 5.91 Å². The molecule has 2 heterocycles. The zero-order valence-electron chi connectivity index (χ0n) is 12.7. The maximum atomic E-state index is 11.8. The molecule has 0 aliphatic carbocycles. The van der Waals surface area contributed by atoms with Gasteiger partial charge in [-0.3, -0.25) is 10.1 Å². The van der Waals surface area contributed by atoms with Gasteiger partial charge in [-0.2, -0.15) is 0 Å². The molecule has 1 aromatic carbocycles. The number of hydrogen-bond donors (Lipinski definition) is 2. The van der Waals surface area contributed by atoms with Gasteiger partial charge in [-0.05, 0) is 68.4 Å². The summed E-state index contributed by atoms with van der Waals surface area (Å²) in [5.74, 6) is -0.189. The Balaban J connectivity index is 2.06. The average molecular weight is 311 g/mol. The van der Waals surface area contributed by atoms with Crippen LogP contribution in [0.3, 0.4) is 0 Å². The number of carbonyl (C=O) groups excluding carboxylic acids is 1. The second kappa shape index (κ2) is 5.42. The van der Waals surface area contributed by atoms with E-state index in [1.807, 2.05) is 19.1 Å². The van der Waals surface area contributed by atoms with Crippen LogP contribution in [-0.2, 0) is 4.79 Å². The summed E-state index contributed by atoms with van der Waals surface area (Å²) >= 11 is 4.96. The zero-order chi connectivity index (χ0) is 15.9. The number of carbonyl (C=O) groups is 1. The molecular formula is C17H17N3OS. The zero-order valence-corrected chi connectivity index (χ0v) is 13.5. The predicted molar refractivity (Wildman–Crippen MR) is 91.8 cm³/mol. The Labute approximate surface area is 134 Å². The number of hydrogen-bond acceptors (Lipinski definition) is 2. The lowest BCUT2D eigenvalue weighted by atomic mass is 10.2. The molecule has 1 fully saturated rings. The minimum Gasteiger partial charge on any atom is -0.328 e. The maximum absolute atomic E-state index is 11.8. The van der Waals surface area contributed by atoms with E-state index in [0.717, 1.165) is 22.6 Å². The van der Waals surface area contributed by atoms with Crippen molar-refractivity contribution in [2.75, 3.05) is 0 Å². The van der Waals surface area contributed by atoms with Crippen LogP contribution >= 0.6 is 12.2 Å². The van der Waals surface area contributed by atoms with Crippen LogP contribution in [0.15, 0.2) is 36.0 Å². The molecule has 1 aliphatic rings. The quantitative estimate of drug-likeness (QED) is 0.662. The number of amides is 1. The van der Waals surface area contributed by atoms with Gasteiger partial charge < -0.3 is 9.88 Å². The molecule has 4 nitrogen and oxygen atoms in total. The molecule has 0 spiro atoms. The molecular weight excluding hydrogens is 294 g/mol. The maximum Gasteiger partial charge on any atom is 0.273 e. The normalized spacial score (nSPS) is 16.0. The van der Waals surface area contributed by atoms with E-state index in [1.165, 1.54) is 5.56 Å². The Kier molecular flexibility index (Phi) is 3.58. The van der Waals surface area contributed by atoms with E-state index in [9.17, 15) is 4.79 Å². The summed E-state index contributed by atoms with van der Waals surface area (Å²) in [6, 6.07) is 10.4. The first-order valence-corrected chi connectivity index (χ1v) is 7.46. The van der Waals surface area contributed by atoms with Crippen molar-refractivity contribution >= 4 is 29.3 Å². The number of aryl methyl sites for hydroxylation is 2. The van der Waals surface area contributed by atoms with E-state index in [0.29, 0.717) is 10.8 Å². The van der Waals surface area contributed by atoms with Gasteiger partial charge in [0.2, 0.25) is 0 Å². The van der Waals surface area contributed by atoms with Crippen LogP contribution in [0.4, 0.5) is 0 Å². The topological polar surface area (TPSA) is 46.1 Å². The first-order valence-electron chi connectivity index (χ1n) is 7.06. The summed E-state index contributed by atoms with van der Waals surface area (Å²) in [4.78, 5) is 11.8. The van der Waals surface area contributed by atoms with Gasteiger partial charge in [-0.15, -0.1) is 0 Å². The SMILES string of the molecule is Cc1cccc(-n2c(C)cc(/C=C3/NC(=S)NC3=O)c2C)c1. The predicted octanol–water partition coefficient (Wildman–Crippen LogP) is 2.75. The van der Waals surface area contributed by atoms with Crippen molar-refractivity contribution in [2.24, 2.45) is 0 Å². The first kappa shape index (κ1) is 14.5. The highest BCUT2D eigenvalue weighted by atomic mass is 32.1. The van der Waals surface area contributed by atoms with Crippen molar-refractivity contribution in [1.29, 1.82) is 0 Å². The van der Waals surface area contributed by atoms with Crippen molar-refractivity contribution in [1.82, 2.24) is 15.2 Å². The lowest BCUT2D eigenvalue weighted by molar-refractivity contribution is -0.115. The van der Waals surface area contributed by atoms with Gasteiger partial charge in [0.15, 0.2) is 5.11 Å². The first-order chi connectivity index (χ1) is 10.5. The van der Waals surface area contributed by atoms with Crippen molar-refractivity contribution < 1.29 is 4.79 Å². The van der Waals surface area contributed by atoms with Gasteiger partial charge in [0.1, 0.15) is 5.70 Å². The van der Waals surface area contributed by atoms with Gasteiger partial charge in [-0.25, -0.2) is 0 Å². The lowest BCUT2D eigenvalue weighted by Gasteiger charge is -2.10. The van der Waals surface area contributed by atoms with Crippen molar-refractivity contribution in [3.05, 3.63) is 58.5 Å². The average Bonchev–Trinajstić information content (AvgIpc) is 2.90. The Bertz CT molecular complexity index is 817. The molecule has 2 N–H and O–H groups in total. The molecule has 1 aliphatic heterocycles. The second-order valence-corrected chi connectivity index (χ2v) is 5.88. The van der Waals surface area contributed by atoms with Crippen LogP contribution in [-0.4, -0.2) is 15.6 Å². The second-order valence-electron chi connectivity index (χ2n) is 5.47. The summed E-state index contributed by atoms with van der Waals surface area (Å²) < 4.78 is 2.19. The van der Waals surface area contributed by atoms with Gasteiger partial charge in [-0.1, -0.05) is 12.1 Å². The molecule has 112 valence electrons. The fourth-order valence-electron chi connectivity index (χ4n) is 2.74. The summed E-state index contributed by atoms with van der Waals surface area (Å²) in [6.07, 6.45) is 1.84. The van der Waals surface area contributed by atoms with Crippen LogP contribution in [0.2, 0.25) is 0 Å². The molecule has 1 saturated heterocycles. The number of nitrogens with zero attached hydrogens (tertiary/aromatic N) is 1. The summed E-state index contributed by atoms with van der Waals surface area (Å²) in [6.45, 7) is 6.19. The molecule has 0 saturated carbocycles. The van der Waals surface area contributed by atoms with E-state index in [-0.39, 0.29) is 5.91 Å². The van der Waals surface area contributed by atoms with E-state index in [1.54, 1.807) is 0 Å². The van der Waals surface area contributed by atoms with Crippen LogP contribution in [0.5, 0.6) is 0 Å². The van der Waals surface area contributed by atoms with Gasteiger partial charge >= 0.3 is 0 Å². The minimum absolute atomic E-state index is 0.189. The molecule has 2 aromatic rings. The van der Waals surface area contributed by atoms with Crippen LogP contribution in [0.25, 0.3) is 11.8 Å². The van der Waals surface area contributed by atoms with Crippen molar-refractivity contribution in [3.8, 4) is 5.69 Å². The van der Waals surface area contributed by atoms with E-state index >= 15 is 0 Å². The Morgan fingerprint density at radius 1 is 1.14 bits per heavy atom. The number of benzene rings is 1. The molecule has 0 unspecified atom stereocenters.